The number of alkyl halides is 2. The van der Waals surface area contributed by atoms with Crippen LogP contribution in [0.1, 0.15) is 21.7 Å². The standard InChI is InChI=1S/C11H16F2N2O3/c1-7-9(10(17)18)3-8(15(7)2)4-14-5-11(12,13)6-16/h3,14,16H,4-6H2,1-2H3,(H,17,18). The summed E-state index contributed by atoms with van der Waals surface area (Å²) in [5, 5.41) is 19.8. The molecule has 5 nitrogen and oxygen atoms in total. The highest BCUT2D eigenvalue weighted by Crippen LogP contribution is 2.15. The average Bonchev–Trinajstić information content (AvgIpc) is 2.57. The molecule has 0 saturated heterocycles. The molecule has 1 aromatic heterocycles. The lowest BCUT2D eigenvalue weighted by molar-refractivity contribution is -0.0478. The molecule has 0 unspecified atom stereocenters. The summed E-state index contributed by atoms with van der Waals surface area (Å²) < 4.78 is 27.1. The van der Waals surface area contributed by atoms with Gasteiger partial charge < -0.3 is 20.1 Å². The lowest BCUT2D eigenvalue weighted by atomic mass is 10.2. The van der Waals surface area contributed by atoms with Crippen LogP contribution in [0.4, 0.5) is 8.78 Å². The number of hydrogen-bond donors (Lipinski definition) is 3. The van der Waals surface area contributed by atoms with E-state index in [1.54, 1.807) is 18.5 Å². The SMILES string of the molecule is Cc1c(C(=O)O)cc(CNCC(F)(F)CO)n1C. The van der Waals surface area contributed by atoms with Crippen LogP contribution in [0.5, 0.6) is 0 Å². The van der Waals surface area contributed by atoms with Crippen LogP contribution < -0.4 is 5.32 Å². The number of rotatable bonds is 6. The molecule has 0 bridgehead atoms. The fourth-order valence-electron chi connectivity index (χ4n) is 1.58. The van der Waals surface area contributed by atoms with Gasteiger partial charge in [0.2, 0.25) is 0 Å². The Morgan fingerprint density at radius 3 is 2.61 bits per heavy atom. The number of hydrogen-bond acceptors (Lipinski definition) is 3. The van der Waals surface area contributed by atoms with Crippen molar-refractivity contribution in [1.29, 1.82) is 0 Å². The van der Waals surface area contributed by atoms with Gasteiger partial charge in [-0.2, -0.15) is 0 Å². The van der Waals surface area contributed by atoms with E-state index < -0.39 is 25.0 Å². The maximum Gasteiger partial charge on any atom is 0.337 e. The molecule has 7 heteroatoms. The summed E-state index contributed by atoms with van der Waals surface area (Å²) in [5.41, 5.74) is 1.31. The highest BCUT2D eigenvalue weighted by atomic mass is 19.3. The third-order valence-electron chi connectivity index (χ3n) is 2.79. The predicted octanol–water partition coefficient (Wildman–Crippen LogP) is 0.749. The first kappa shape index (κ1) is 14.6. The van der Waals surface area contributed by atoms with Crippen LogP contribution in [0.25, 0.3) is 0 Å². The van der Waals surface area contributed by atoms with Crippen LogP contribution in [0, 0.1) is 6.92 Å². The van der Waals surface area contributed by atoms with Crippen molar-refractivity contribution >= 4 is 5.97 Å². The maximum absolute atomic E-state index is 12.8. The van der Waals surface area contributed by atoms with Gasteiger partial charge in [-0.3, -0.25) is 0 Å². The van der Waals surface area contributed by atoms with Crippen molar-refractivity contribution in [3.8, 4) is 0 Å². The Labute approximate surface area is 103 Å². The van der Waals surface area contributed by atoms with Gasteiger partial charge in [0.1, 0.15) is 6.61 Å². The van der Waals surface area contributed by atoms with Crippen LogP contribution in [0.3, 0.4) is 0 Å². The van der Waals surface area contributed by atoms with Crippen molar-refractivity contribution in [2.45, 2.75) is 19.4 Å². The van der Waals surface area contributed by atoms with Crippen LogP contribution in [0.15, 0.2) is 6.07 Å². The lowest BCUT2D eigenvalue weighted by Crippen LogP contribution is -2.35. The molecule has 3 N–H and O–H groups in total. The van der Waals surface area contributed by atoms with Crippen molar-refractivity contribution in [1.82, 2.24) is 9.88 Å². The fraction of sp³-hybridized carbons (Fsp3) is 0.545. The highest BCUT2D eigenvalue weighted by molar-refractivity contribution is 5.89. The molecule has 0 aliphatic rings. The minimum absolute atomic E-state index is 0.111. The number of aliphatic hydroxyl groups is 1. The molecule has 0 radical (unpaired) electrons. The van der Waals surface area contributed by atoms with Crippen molar-refractivity contribution in [2.75, 3.05) is 13.2 Å². The van der Waals surface area contributed by atoms with Gasteiger partial charge >= 0.3 is 5.97 Å². The van der Waals surface area contributed by atoms with Crippen molar-refractivity contribution < 1.29 is 23.8 Å². The Morgan fingerprint density at radius 2 is 2.17 bits per heavy atom. The van der Waals surface area contributed by atoms with Crippen LogP contribution >= 0.6 is 0 Å². The Balaban J connectivity index is 2.69. The van der Waals surface area contributed by atoms with Gasteiger partial charge in [0.25, 0.3) is 5.92 Å². The van der Waals surface area contributed by atoms with Gasteiger partial charge in [0.05, 0.1) is 12.1 Å². The molecule has 0 amide bonds. The van der Waals surface area contributed by atoms with Gasteiger partial charge in [0, 0.05) is 25.0 Å². The zero-order valence-corrected chi connectivity index (χ0v) is 10.2. The van der Waals surface area contributed by atoms with Gasteiger partial charge in [-0.25, -0.2) is 13.6 Å². The molecule has 0 aromatic carbocycles. The first-order chi connectivity index (χ1) is 8.28. The number of carbonyl (C=O) groups is 1. The maximum atomic E-state index is 12.8. The Morgan fingerprint density at radius 1 is 1.56 bits per heavy atom. The van der Waals surface area contributed by atoms with E-state index in [0.717, 1.165) is 0 Å². The molecule has 0 spiro atoms. The molecule has 0 aliphatic heterocycles. The minimum Gasteiger partial charge on any atom is -0.478 e. The molecule has 102 valence electrons. The van der Waals surface area contributed by atoms with E-state index in [9.17, 15) is 13.6 Å². The van der Waals surface area contributed by atoms with E-state index in [-0.39, 0.29) is 12.1 Å². The molecular formula is C11H16F2N2O3. The van der Waals surface area contributed by atoms with Gasteiger partial charge in [-0.05, 0) is 13.0 Å². The summed E-state index contributed by atoms with van der Waals surface area (Å²) in [4.78, 5) is 10.9. The summed E-state index contributed by atoms with van der Waals surface area (Å²) in [6, 6.07) is 1.45. The number of aliphatic hydroxyl groups excluding tert-OH is 1. The number of aromatic nitrogens is 1. The third-order valence-corrected chi connectivity index (χ3v) is 2.79. The Kier molecular flexibility index (Phi) is 4.42. The molecule has 0 fully saturated rings. The number of aromatic carboxylic acids is 1. The normalized spacial score (nSPS) is 11.8. The average molecular weight is 262 g/mol. The van der Waals surface area contributed by atoms with Crippen molar-refractivity contribution in [2.24, 2.45) is 7.05 Å². The van der Waals surface area contributed by atoms with Crippen molar-refractivity contribution in [3.05, 3.63) is 23.0 Å². The van der Waals surface area contributed by atoms with Gasteiger partial charge in [-0.1, -0.05) is 0 Å². The zero-order chi connectivity index (χ0) is 13.9. The largest absolute Gasteiger partial charge is 0.478 e. The fourth-order valence-corrected chi connectivity index (χ4v) is 1.58. The van der Waals surface area contributed by atoms with E-state index in [1.165, 1.54) is 6.07 Å². The van der Waals surface area contributed by atoms with Crippen LogP contribution in [-0.2, 0) is 13.6 Å². The molecular weight excluding hydrogens is 246 g/mol. The first-order valence-corrected chi connectivity index (χ1v) is 5.36. The lowest BCUT2D eigenvalue weighted by Gasteiger charge is -2.14. The molecule has 18 heavy (non-hydrogen) atoms. The number of carboxylic acids is 1. The van der Waals surface area contributed by atoms with Gasteiger partial charge in [0.15, 0.2) is 0 Å². The number of carboxylic acid groups (broad SMARTS) is 1. The van der Waals surface area contributed by atoms with E-state index in [4.69, 9.17) is 10.2 Å². The molecule has 1 aromatic rings. The summed E-state index contributed by atoms with van der Waals surface area (Å²) in [6.07, 6.45) is 0. The number of nitrogens with zero attached hydrogens (tertiary/aromatic N) is 1. The van der Waals surface area contributed by atoms with E-state index >= 15 is 0 Å². The van der Waals surface area contributed by atoms with Crippen LogP contribution in [-0.4, -0.2) is 39.8 Å². The molecule has 0 saturated carbocycles. The summed E-state index contributed by atoms with van der Waals surface area (Å²) >= 11 is 0. The first-order valence-electron chi connectivity index (χ1n) is 5.36. The van der Waals surface area contributed by atoms with Gasteiger partial charge in [-0.15, -0.1) is 0 Å². The van der Waals surface area contributed by atoms with E-state index in [2.05, 4.69) is 5.32 Å². The highest BCUT2D eigenvalue weighted by Gasteiger charge is 2.27. The zero-order valence-electron chi connectivity index (χ0n) is 10.2. The summed E-state index contributed by atoms with van der Waals surface area (Å²) in [5.74, 6) is -4.22. The Hall–Kier alpha value is -1.47. The molecule has 1 heterocycles. The van der Waals surface area contributed by atoms with E-state index in [0.29, 0.717) is 11.4 Å². The third kappa shape index (κ3) is 3.27. The second-order valence-electron chi connectivity index (χ2n) is 4.12. The predicted molar refractivity (Wildman–Crippen MR) is 60.8 cm³/mol. The topological polar surface area (TPSA) is 74.5 Å². The summed E-state index contributed by atoms with van der Waals surface area (Å²) in [6.45, 7) is -0.113. The van der Waals surface area contributed by atoms with E-state index in [1.807, 2.05) is 0 Å². The quantitative estimate of drug-likeness (QED) is 0.707. The minimum atomic E-state index is -3.17. The second kappa shape index (κ2) is 5.45. The monoisotopic (exact) mass is 262 g/mol. The summed E-state index contributed by atoms with van der Waals surface area (Å²) in [7, 11) is 1.67. The molecule has 0 atom stereocenters. The number of nitrogens with one attached hydrogen (secondary N) is 1. The number of halogens is 2. The molecule has 1 rings (SSSR count). The smallest absolute Gasteiger partial charge is 0.337 e. The van der Waals surface area contributed by atoms with Crippen molar-refractivity contribution in [3.63, 3.8) is 0 Å². The second-order valence-corrected chi connectivity index (χ2v) is 4.12. The Bertz CT molecular complexity index is 444. The van der Waals surface area contributed by atoms with Crippen LogP contribution in [0.2, 0.25) is 0 Å². The molecule has 0 aliphatic carbocycles.